The number of likely N-dealkylation sites (tertiary alicyclic amines) is 1. The molecular formula is C19H29N3O3S2. The van der Waals surface area contributed by atoms with Gasteiger partial charge in [-0.05, 0) is 70.3 Å². The summed E-state index contributed by atoms with van der Waals surface area (Å²) < 4.78 is 30.3. The molecule has 0 bridgehead atoms. The third-order valence-corrected chi connectivity index (χ3v) is 7.47. The molecule has 0 aliphatic carbocycles. The number of nitrogens with one attached hydrogen (secondary N) is 1. The van der Waals surface area contributed by atoms with Crippen molar-refractivity contribution in [2.24, 2.45) is 5.92 Å². The molecule has 0 amide bonds. The predicted molar refractivity (Wildman–Crippen MR) is 111 cm³/mol. The van der Waals surface area contributed by atoms with Gasteiger partial charge in [0, 0.05) is 19.1 Å². The second kappa shape index (κ2) is 8.43. The molecule has 0 spiro atoms. The molecule has 0 radical (unpaired) electrons. The monoisotopic (exact) mass is 411 g/mol. The zero-order valence-corrected chi connectivity index (χ0v) is 17.9. The second-order valence-corrected chi connectivity index (χ2v) is 10.5. The summed E-state index contributed by atoms with van der Waals surface area (Å²) >= 11 is 1.09. The fourth-order valence-corrected chi connectivity index (χ4v) is 5.98. The number of sulfonamides is 1. The smallest absolute Gasteiger partial charge is 0.303 e. The third-order valence-electron chi connectivity index (χ3n) is 5.10. The average Bonchev–Trinajstić information content (AvgIpc) is 2.94. The van der Waals surface area contributed by atoms with Gasteiger partial charge >= 0.3 is 4.87 Å². The van der Waals surface area contributed by atoms with Crippen LogP contribution in [0.2, 0.25) is 0 Å². The zero-order chi connectivity index (χ0) is 19.6. The molecule has 1 N–H and O–H groups in total. The van der Waals surface area contributed by atoms with Crippen molar-refractivity contribution in [1.82, 2.24) is 14.2 Å². The summed E-state index contributed by atoms with van der Waals surface area (Å²) in [5, 5.41) is 0. The highest BCUT2D eigenvalue weighted by Gasteiger charge is 2.18. The number of benzene rings is 1. The van der Waals surface area contributed by atoms with Gasteiger partial charge in [-0.1, -0.05) is 18.3 Å². The highest BCUT2D eigenvalue weighted by atomic mass is 32.2. The molecule has 1 aromatic carbocycles. The Morgan fingerprint density at radius 3 is 2.81 bits per heavy atom. The van der Waals surface area contributed by atoms with Crippen molar-refractivity contribution in [3.05, 3.63) is 27.9 Å². The minimum Gasteiger partial charge on any atom is -0.303 e. The first-order chi connectivity index (χ1) is 12.8. The van der Waals surface area contributed by atoms with E-state index in [4.69, 9.17) is 0 Å². The lowest BCUT2D eigenvalue weighted by Gasteiger charge is -2.30. The molecule has 1 aromatic heterocycles. The molecule has 3 rings (SSSR count). The van der Waals surface area contributed by atoms with Gasteiger partial charge in [-0.15, -0.1) is 0 Å². The maximum atomic E-state index is 12.6. The quantitative estimate of drug-likeness (QED) is 0.711. The summed E-state index contributed by atoms with van der Waals surface area (Å²) in [6.45, 7) is 9.73. The van der Waals surface area contributed by atoms with Crippen LogP contribution in [-0.2, 0) is 10.0 Å². The molecule has 8 heteroatoms. The molecule has 27 heavy (non-hydrogen) atoms. The lowest BCUT2D eigenvalue weighted by molar-refractivity contribution is 0.182. The van der Waals surface area contributed by atoms with Crippen LogP contribution in [0.25, 0.3) is 10.2 Å². The predicted octanol–water partition coefficient (Wildman–Crippen LogP) is 3.04. The molecule has 2 aromatic rings. The average molecular weight is 412 g/mol. The van der Waals surface area contributed by atoms with Crippen LogP contribution in [0.5, 0.6) is 0 Å². The van der Waals surface area contributed by atoms with Gasteiger partial charge in [0.25, 0.3) is 0 Å². The van der Waals surface area contributed by atoms with Crippen molar-refractivity contribution in [1.29, 1.82) is 0 Å². The van der Waals surface area contributed by atoms with E-state index in [-0.39, 0.29) is 15.8 Å². The van der Waals surface area contributed by atoms with Crippen LogP contribution >= 0.6 is 11.3 Å². The Kier molecular flexibility index (Phi) is 6.40. The van der Waals surface area contributed by atoms with E-state index >= 15 is 0 Å². The van der Waals surface area contributed by atoms with Gasteiger partial charge < -0.3 is 4.90 Å². The molecule has 6 nitrogen and oxygen atoms in total. The van der Waals surface area contributed by atoms with E-state index in [0.29, 0.717) is 11.2 Å². The van der Waals surface area contributed by atoms with Crippen LogP contribution in [0.1, 0.15) is 46.1 Å². The van der Waals surface area contributed by atoms with E-state index in [1.54, 1.807) is 22.8 Å². The zero-order valence-electron chi connectivity index (χ0n) is 16.3. The van der Waals surface area contributed by atoms with Gasteiger partial charge in [0.15, 0.2) is 0 Å². The van der Waals surface area contributed by atoms with Crippen LogP contribution < -0.4 is 9.60 Å². The molecule has 150 valence electrons. The number of piperidine rings is 1. The summed E-state index contributed by atoms with van der Waals surface area (Å²) in [4.78, 5) is 14.7. The van der Waals surface area contributed by atoms with Crippen molar-refractivity contribution in [3.63, 3.8) is 0 Å². The molecule has 0 saturated carbocycles. The first kappa shape index (κ1) is 20.5. The fraction of sp³-hybridized carbons (Fsp3) is 0.632. The first-order valence-corrected chi connectivity index (χ1v) is 11.9. The van der Waals surface area contributed by atoms with Crippen molar-refractivity contribution < 1.29 is 8.42 Å². The maximum Gasteiger partial charge on any atom is 0.308 e. The number of aromatic nitrogens is 1. The first-order valence-electron chi connectivity index (χ1n) is 9.65. The van der Waals surface area contributed by atoms with Crippen LogP contribution in [0.4, 0.5) is 0 Å². The van der Waals surface area contributed by atoms with Crippen LogP contribution in [0.3, 0.4) is 0 Å². The van der Waals surface area contributed by atoms with Crippen LogP contribution in [0, 0.1) is 5.92 Å². The van der Waals surface area contributed by atoms with Crippen LogP contribution in [0.15, 0.2) is 27.9 Å². The largest absolute Gasteiger partial charge is 0.308 e. The normalized spacial score (nSPS) is 19.2. The number of thiazole rings is 1. The SMILES string of the molecule is CC1CCCN(CCCNS(=O)(=O)c2ccc3c(c2)sc(=O)n3C(C)C)C1. The number of rotatable bonds is 7. The Morgan fingerprint density at radius 2 is 2.11 bits per heavy atom. The van der Waals surface area contributed by atoms with Crippen molar-refractivity contribution in [2.75, 3.05) is 26.2 Å². The van der Waals surface area contributed by atoms with Gasteiger partial charge in [-0.25, -0.2) is 13.1 Å². The van der Waals surface area contributed by atoms with E-state index in [1.165, 1.54) is 12.8 Å². The minimum absolute atomic E-state index is 0.0457. The maximum absolute atomic E-state index is 12.6. The Morgan fingerprint density at radius 1 is 1.33 bits per heavy atom. The van der Waals surface area contributed by atoms with E-state index in [1.807, 2.05) is 13.8 Å². The molecular weight excluding hydrogens is 382 g/mol. The van der Waals surface area contributed by atoms with Crippen molar-refractivity contribution in [2.45, 2.75) is 51.0 Å². The van der Waals surface area contributed by atoms with E-state index < -0.39 is 10.0 Å². The van der Waals surface area contributed by atoms with Crippen molar-refractivity contribution >= 4 is 31.6 Å². The Balaban J connectivity index is 1.63. The fourth-order valence-electron chi connectivity index (χ4n) is 3.76. The van der Waals surface area contributed by atoms with E-state index in [9.17, 15) is 13.2 Å². The number of hydrogen-bond donors (Lipinski definition) is 1. The lowest BCUT2D eigenvalue weighted by atomic mass is 10.0. The summed E-state index contributed by atoms with van der Waals surface area (Å²) in [6, 6.07) is 4.97. The molecule has 1 aliphatic heterocycles. The Bertz CT molecular complexity index is 947. The van der Waals surface area contributed by atoms with Gasteiger partial charge in [-0.2, -0.15) is 0 Å². The summed E-state index contributed by atoms with van der Waals surface area (Å²) in [5.74, 6) is 0.729. The third kappa shape index (κ3) is 4.80. The van der Waals surface area contributed by atoms with E-state index in [2.05, 4.69) is 16.5 Å². The highest BCUT2D eigenvalue weighted by molar-refractivity contribution is 7.89. The summed E-state index contributed by atoms with van der Waals surface area (Å²) in [7, 11) is -3.56. The summed E-state index contributed by atoms with van der Waals surface area (Å²) in [5.41, 5.74) is 0.790. The molecule has 1 atom stereocenters. The van der Waals surface area contributed by atoms with Gasteiger partial charge in [0.2, 0.25) is 10.0 Å². The molecule has 2 heterocycles. The Labute approximate surface area is 165 Å². The molecule has 1 aliphatic rings. The van der Waals surface area contributed by atoms with Gasteiger partial charge in [0.1, 0.15) is 0 Å². The van der Waals surface area contributed by atoms with Crippen LogP contribution in [-0.4, -0.2) is 44.1 Å². The van der Waals surface area contributed by atoms with Crippen molar-refractivity contribution in [3.8, 4) is 0 Å². The van der Waals surface area contributed by atoms with Gasteiger partial charge in [0.05, 0.1) is 15.1 Å². The second-order valence-electron chi connectivity index (χ2n) is 7.76. The highest BCUT2D eigenvalue weighted by Crippen LogP contribution is 2.24. The molecule has 1 saturated heterocycles. The van der Waals surface area contributed by atoms with Gasteiger partial charge in [-0.3, -0.25) is 9.36 Å². The standard InChI is InChI=1S/C19H29N3O3S2/c1-14(2)22-17-8-7-16(12-18(17)26-19(22)23)27(24,25)20-9-5-11-21-10-4-6-15(3)13-21/h7-8,12,14-15,20H,4-6,9-11,13H2,1-3H3. The number of nitrogens with zero attached hydrogens (tertiary/aromatic N) is 2. The summed E-state index contributed by atoms with van der Waals surface area (Å²) in [6.07, 6.45) is 3.31. The number of hydrogen-bond acceptors (Lipinski definition) is 5. The molecule has 1 fully saturated rings. The molecule has 1 unspecified atom stereocenters. The number of fused-ring (bicyclic) bond motifs is 1. The minimum atomic E-state index is -3.56. The Hall–Kier alpha value is -1.22. The van der Waals surface area contributed by atoms with E-state index in [0.717, 1.165) is 48.8 Å². The lowest BCUT2D eigenvalue weighted by Crippen LogP contribution is -2.36. The topological polar surface area (TPSA) is 71.4 Å².